The number of hydrogen-bond donors (Lipinski definition) is 4. The van der Waals surface area contributed by atoms with Crippen molar-refractivity contribution in [1.82, 2.24) is 0 Å². The summed E-state index contributed by atoms with van der Waals surface area (Å²) >= 11 is 0. The zero-order valence-corrected chi connectivity index (χ0v) is 13.2. The van der Waals surface area contributed by atoms with Crippen LogP contribution in [0.5, 0.6) is 5.75 Å². The molecular weight excluding hydrogens is 298 g/mol. The molecular formula is C16H23N3O4. The van der Waals surface area contributed by atoms with Crippen molar-refractivity contribution < 1.29 is 19.3 Å². The predicted molar refractivity (Wildman–Crippen MR) is 87.5 cm³/mol. The molecule has 0 aromatic heterocycles. The van der Waals surface area contributed by atoms with Crippen LogP contribution in [0, 0.1) is 6.92 Å². The largest absolute Gasteiger partial charge is 0.505 e. The van der Waals surface area contributed by atoms with Gasteiger partial charge in [-0.2, -0.15) is 0 Å². The maximum atomic E-state index is 10.5. The molecule has 0 saturated carbocycles. The molecule has 7 nitrogen and oxygen atoms in total. The number of aryl methyl sites for hydroxylation is 1. The molecule has 1 aromatic carbocycles. The molecule has 126 valence electrons. The van der Waals surface area contributed by atoms with E-state index < -0.39 is 0 Å². The number of phenolic OH excluding ortho intramolecular Hbond substituents is 1. The molecule has 1 aromatic rings. The summed E-state index contributed by atoms with van der Waals surface area (Å²) in [5.74, 6) is 0.276. The van der Waals surface area contributed by atoms with E-state index >= 15 is 0 Å². The van der Waals surface area contributed by atoms with E-state index in [1.807, 2.05) is 13.0 Å². The summed E-state index contributed by atoms with van der Waals surface area (Å²) in [6.45, 7) is 6.48. The Hall–Kier alpha value is -1.70. The molecule has 0 radical (unpaired) electrons. The lowest BCUT2D eigenvalue weighted by molar-refractivity contribution is 0.415. The molecule has 3 aliphatic heterocycles. The number of ether oxygens (including phenoxy) is 3. The van der Waals surface area contributed by atoms with Gasteiger partial charge >= 0.3 is 0 Å². The summed E-state index contributed by atoms with van der Waals surface area (Å²) < 4.78 is 15.8. The van der Waals surface area contributed by atoms with E-state index in [4.69, 9.17) is 14.2 Å². The van der Waals surface area contributed by atoms with Gasteiger partial charge in [0.05, 0.1) is 49.5 Å². The molecule has 3 aliphatic rings. The number of nitrogens with one attached hydrogen (secondary N) is 3. The Labute approximate surface area is 135 Å². The molecule has 0 spiro atoms. The van der Waals surface area contributed by atoms with E-state index in [0.717, 1.165) is 55.5 Å². The summed E-state index contributed by atoms with van der Waals surface area (Å²) in [5.41, 5.74) is 3.40. The van der Waals surface area contributed by atoms with Gasteiger partial charge in [-0.05, 0) is 18.6 Å². The van der Waals surface area contributed by atoms with Crippen molar-refractivity contribution in [2.24, 2.45) is 0 Å². The second-order valence-electron chi connectivity index (χ2n) is 6.35. The van der Waals surface area contributed by atoms with E-state index in [-0.39, 0.29) is 18.0 Å². The predicted octanol–water partition coefficient (Wildman–Crippen LogP) is 1.13. The topological polar surface area (TPSA) is 93.9 Å². The fourth-order valence-corrected chi connectivity index (χ4v) is 2.52. The van der Waals surface area contributed by atoms with E-state index in [0.29, 0.717) is 12.6 Å². The molecule has 23 heavy (non-hydrogen) atoms. The molecule has 0 aliphatic carbocycles. The van der Waals surface area contributed by atoms with Crippen molar-refractivity contribution in [3.8, 4) is 5.75 Å². The van der Waals surface area contributed by atoms with Crippen LogP contribution in [0.3, 0.4) is 0 Å². The Morgan fingerprint density at radius 3 is 1.91 bits per heavy atom. The monoisotopic (exact) mass is 321 g/mol. The average molecular weight is 321 g/mol. The first kappa shape index (κ1) is 14.9. The van der Waals surface area contributed by atoms with E-state index in [2.05, 4.69) is 16.0 Å². The van der Waals surface area contributed by atoms with Crippen molar-refractivity contribution in [3.63, 3.8) is 0 Å². The third-order valence-corrected chi connectivity index (χ3v) is 4.23. The smallest absolute Gasteiger partial charge is 0.143 e. The van der Waals surface area contributed by atoms with Crippen molar-refractivity contribution in [3.05, 3.63) is 11.6 Å². The van der Waals surface area contributed by atoms with Gasteiger partial charge in [-0.1, -0.05) is 0 Å². The maximum Gasteiger partial charge on any atom is 0.143 e. The normalized spacial score (nSPS) is 27.4. The fraction of sp³-hybridized carbons (Fsp3) is 0.625. The van der Waals surface area contributed by atoms with Gasteiger partial charge in [0.1, 0.15) is 11.4 Å². The van der Waals surface area contributed by atoms with Crippen LogP contribution in [0.4, 0.5) is 17.1 Å². The van der Waals surface area contributed by atoms with Crippen LogP contribution in [0.1, 0.15) is 5.56 Å². The third-order valence-electron chi connectivity index (χ3n) is 4.23. The lowest BCUT2D eigenvalue weighted by Gasteiger charge is -2.21. The minimum Gasteiger partial charge on any atom is -0.505 e. The lowest BCUT2D eigenvalue weighted by Crippen LogP contribution is -2.17. The Balaban J connectivity index is 1.57. The first-order chi connectivity index (χ1) is 11.2. The van der Waals surface area contributed by atoms with Crippen LogP contribution >= 0.6 is 0 Å². The van der Waals surface area contributed by atoms with Crippen molar-refractivity contribution >= 4 is 17.1 Å². The number of aromatic hydroxyl groups is 1. The molecule has 3 heterocycles. The second kappa shape index (κ2) is 6.07. The van der Waals surface area contributed by atoms with Crippen LogP contribution in [-0.4, -0.2) is 62.9 Å². The van der Waals surface area contributed by atoms with Gasteiger partial charge in [-0.25, -0.2) is 0 Å². The van der Waals surface area contributed by atoms with Gasteiger partial charge in [0.25, 0.3) is 0 Å². The van der Waals surface area contributed by atoms with Gasteiger partial charge in [-0.15, -0.1) is 0 Å². The van der Waals surface area contributed by atoms with Crippen molar-refractivity contribution in [1.29, 1.82) is 0 Å². The van der Waals surface area contributed by atoms with Crippen LogP contribution in [0.25, 0.3) is 0 Å². The SMILES string of the molecule is Cc1cc(NCC2CO2)c(NCC2CO2)c(NCC2CO2)c1O. The fourth-order valence-electron chi connectivity index (χ4n) is 2.52. The molecule has 3 unspecified atom stereocenters. The number of epoxide rings is 3. The van der Waals surface area contributed by atoms with Gasteiger partial charge < -0.3 is 35.3 Å². The molecule has 3 fully saturated rings. The molecule has 0 amide bonds. The molecule has 3 saturated heterocycles. The number of rotatable bonds is 9. The van der Waals surface area contributed by atoms with Crippen LogP contribution in [0.2, 0.25) is 0 Å². The highest BCUT2D eigenvalue weighted by atomic mass is 16.6. The van der Waals surface area contributed by atoms with E-state index in [1.54, 1.807) is 0 Å². The second-order valence-corrected chi connectivity index (χ2v) is 6.35. The number of phenols is 1. The van der Waals surface area contributed by atoms with E-state index in [1.165, 1.54) is 0 Å². The average Bonchev–Trinajstić information content (AvgIpc) is 3.36. The van der Waals surface area contributed by atoms with Crippen LogP contribution in [-0.2, 0) is 14.2 Å². The summed E-state index contributed by atoms with van der Waals surface area (Å²) in [6, 6.07) is 1.96. The van der Waals surface area contributed by atoms with Crippen molar-refractivity contribution in [2.75, 3.05) is 55.4 Å². The van der Waals surface area contributed by atoms with Gasteiger partial charge in [0.15, 0.2) is 0 Å². The first-order valence-electron chi connectivity index (χ1n) is 8.13. The van der Waals surface area contributed by atoms with Gasteiger partial charge in [-0.3, -0.25) is 0 Å². The Morgan fingerprint density at radius 1 is 0.913 bits per heavy atom. The standard InChI is InChI=1S/C16H23N3O4/c1-9-2-13(17-3-10-6-21-10)14(18-4-11-7-22-11)15(16(9)20)19-5-12-8-23-12/h2,10-12,17-20H,3-8H2,1H3. The Kier molecular flexibility index (Phi) is 3.92. The summed E-state index contributed by atoms with van der Waals surface area (Å²) in [5, 5.41) is 20.6. The highest BCUT2D eigenvalue weighted by Crippen LogP contribution is 2.41. The van der Waals surface area contributed by atoms with E-state index in [9.17, 15) is 5.11 Å². The Bertz CT molecular complexity index is 583. The number of anilines is 3. The summed E-state index contributed by atoms with van der Waals surface area (Å²) in [4.78, 5) is 0. The minimum atomic E-state index is 0.241. The summed E-state index contributed by atoms with van der Waals surface area (Å²) in [6.07, 6.45) is 0.795. The van der Waals surface area contributed by atoms with Gasteiger partial charge in [0.2, 0.25) is 0 Å². The molecule has 7 heteroatoms. The van der Waals surface area contributed by atoms with Crippen molar-refractivity contribution in [2.45, 2.75) is 25.2 Å². The molecule has 3 atom stereocenters. The number of benzene rings is 1. The zero-order valence-electron chi connectivity index (χ0n) is 13.2. The third kappa shape index (κ3) is 3.80. The first-order valence-corrected chi connectivity index (χ1v) is 8.13. The lowest BCUT2D eigenvalue weighted by atomic mass is 10.1. The molecule has 4 rings (SSSR count). The quantitative estimate of drug-likeness (QED) is 0.308. The van der Waals surface area contributed by atoms with Crippen LogP contribution in [0.15, 0.2) is 6.07 Å². The zero-order chi connectivity index (χ0) is 15.8. The molecule has 0 bridgehead atoms. The molecule has 4 N–H and O–H groups in total. The van der Waals surface area contributed by atoms with Crippen LogP contribution < -0.4 is 16.0 Å². The number of hydrogen-bond acceptors (Lipinski definition) is 7. The minimum absolute atomic E-state index is 0.241. The Morgan fingerprint density at radius 2 is 1.39 bits per heavy atom. The highest BCUT2D eigenvalue weighted by molar-refractivity contribution is 5.88. The maximum absolute atomic E-state index is 10.5. The summed E-state index contributed by atoms with van der Waals surface area (Å²) in [7, 11) is 0. The highest BCUT2D eigenvalue weighted by Gasteiger charge is 2.27. The van der Waals surface area contributed by atoms with Gasteiger partial charge in [0, 0.05) is 19.6 Å².